The second-order valence-corrected chi connectivity index (χ2v) is 4.21. The van der Waals surface area contributed by atoms with Gasteiger partial charge in [-0.1, -0.05) is 6.92 Å². The molecule has 2 aromatic heterocycles. The van der Waals surface area contributed by atoms with Gasteiger partial charge in [0, 0.05) is 7.05 Å². The molecule has 0 spiro atoms. The minimum atomic E-state index is -0.164. The van der Waals surface area contributed by atoms with E-state index >= 15 is 0 Å². The van der Waals surface area contributed by atoms with E-state index in [2.05, 4.69) is 30.9 Å². The predicted molar refractivity (Wildman–Crippen MR) is 64.1 cm³/mol. The Hall–Kier alpha value is -1.43. The minimum absolute atomic E-state index is 0.164. The lowest BCUT2D eigenvalue weighted by atomic mass is 10.3. The molecule has 0 aliphatic heterocycles. The molecular formula is C10H11BrN4O. The standard InChI is InChI=1S/C10H11BrN4O/c1-3-6-8(11)10(16)14-9(13-6)7-4-12-5-15(7)2/h4-5H,3H2,1-2H3,(H,13,14,16). The first-order chi connectivity index (χ1) is 7.63. The Bertz CT molecular complexity index is 572. The van der Waals surface area contributed by atoms with Crippen molar-refractivity contribution in [2.45, 2.75) is 13.3 Å². The van der Waals surface area contributed by atoms with E-state index in [-0.39, 0.29) is 5.56 Å². The molecule has 0 aliphatic rings. The number of nitrogens with zero attached hydrogens (tertiary/aromatic N) is 3. The molecule has 2 aromatic rings. The lowest BCUT2D eigenvalue weighted by molar-refractivity contribution is 0.892. The molecule has 84 valence electrons. The molecule has 6 heteroatoms. The molecule has 2 rings (SSSR count). The molecule has 0 atom stereocenters. The zero-order valence-corrected chi connectivity index (χ0v) is 10.6. The van der Waals surface area contributed by atoms with Crippen molar-refractivity contribution in [3.8, 4) is 11.5 Å². The summed E-state index contributed by atoms with van der Waals surface area (Å²) in [6.45, 7) is 1.96. The van der Waals surface area contributed by atoms with Crippen molar-refractivity contribution in [3.63, 3.8) is 0 Å². The van der Waals surface area contributed by atoms with Gasteiger partial charge in [-0.05, 0) is 22.4 Å². The van der Waals surface area contributed by atoms with Crippen LogP contribution in [0.2, 0.25) is 0 Å². The Morgan fingerprint density at radius 1 is 1.56 bits per heavy atom. The van der Waals surface area contributed by atoms with Crippen molar-refractivity contribution >= 4 is 15.9 Å². The highest BCUT2D eigenvalue weighted by molar-refractivity contribution is 9.10. The van der Waals surface area contributed by atoms with Crippen LogP contribution in [0.3, 0.4) is 0 Å². The van der Waals surface area contributed by atoms with Crippen LogP contribution in [-0.4, -0.2) is 19.5 Å². The third-order valence-corrected chi connectivity index (χ3v) is 3.14. The van der Waals surface area contributed by atoms with E-state index in [4.69, 9.17) is 0 Å². The number of hydrogen-bond donors (Lipinski definition) is 1. The predicted octanol–water partition coefficient (Wildman–Crippen LogP) is 1.50. The lowest BCUT2D eigenvalue weighted by Gasteiger charge is -2.05. The van der Waals surface area contributed by atoms with Crippen LogP contribution >= 0.6 is 15.9 Å². The second kappa shape index (κ2) is 4.21. The van der Waals surface area contributed by atoms with Gasteiger partial charge in [-0.3, -0.25) is 4.79 Å². The van der Waals surface area contributed by atoms with Crippen molar-refractivity contribution in [3.05, 3.63) is 33.0 Å². The Balaban J connectivity index is 2.64. The van der Waals surface area contributed by atoms with E-state index in [1.807, 2.05) is 18.5 Å². The number of nitrogens with one attached hydrogen (secondary N) is 1. The maximum atomic E-state index is 11.7. The fourth-order valence-corrected chi connectivity index (χ4v) is 1.91. The average Bonchev–Trinajstić information content (AvgIpc) is 2.68. The van der Waals surface area contributed by atoms with Crippen molar-refractivity contribution < 1.29 is 0 Å². The molecule has 0 unspecified atom stereocenters. The van der Waals surface area contributed by atoms with E-state index in [0.29, 0.717) is 16.7 Å². The summed E-state index contributed by atoms with van der Waals surface area (Å²) < 4.78 is 2.31. The molecule has 5 nitrogen and oxygen atoms in total. The highest BCUT2D eigenvalue weighted by atomic mass is 79.9. The summed E-state index contributed by atoms with van der Waals surface area (Å²) in [5.41, 5.74) is 1.38. The average molecular weight is 283 g/mol. The maximum absolute atomic E-state index is 11.7. The van der Waals surface area contributed by atoms with Gasteiger partial charge >= 0.3 is 0 Å². The first-order valence-corrected chi connectivity index (χ1v) is 5.68. The van der Waals surface area contributed by atoms with E-state index in [1.165, 1.54) is 0 Å². The lowest BCUT2D eigenvalue weighted by Crippen LogP contribution is -2.14. The summed E-state index contributed by atoms with van der Waals surface area (Å²) in [6.07, 6.45) is 4.05. The van der Waals surface area contributed by atoms with E-state index in [0.717, 1.165) is 11.4 Å². The van der Waals surface area contributed by atoms with Crippen LogP contribution in [0.1, 0.15) is 12.6 Å². The topological polar surface area (TPSA) is 63.6 Å². The van der Waals surface area contributed by atoms with Crippen LogP contribution in [0.4, 0.5) is 0 Å². The summed E-state index contributed by atoms with van der Waals surface area (Å²) in [7, 11) is 1.86. The first kappa shape index (κ1) is 11.1. The van der Waals surface area contributed by atoms with Crippen LogP contribution in [0, 0.1) is 0 Å². The third kappa shape index (κ3) is 1.80. The number of aryl methyl sites for hydroxylation is 2. The van der Waals surface area contributed by atoms with E-state index in [9.17, 15) is 4.79 Å². The first-order valence-electron chi connectivity index (χ1n) is 4.89. The van der Waals surface area contributed by atoms with Gasteiger partial charge in [0.25, 0.3) is 5.56 Å². The van der Waals surface area contributed by atoms with Crippen LogP contribution in [-0.2, 0) is 13.5 Å². The Kier molecular flexibility index (Phi) is 2.91. The van der Waals surface area contributed by atoms with Crippen molar-refractivity contribution in [1.29, 1.82) is 0 Å². The fraction of sp³-hybridized carbons (Fsp3) is 0.300. The molecule has 0 aliphatic carbocycles. The molecule has 0 bridgehead atoms. The van der Waals surface area contributed by atoms with Crippen molar-refractivity contribution in [1.82, 2.24) is 19.5 Å². The molecule has 0 aromatic carbocycles. The van der Waals surface area contributed by atoms with Gasteiger partial charge in [0.05, 0.1) is 18.2 Å². The smallest absolute Gasteiger partial charge is 0.265 e. The highest BCUT2D eigenvalue weighted by Gasteiger charge is 2.10. The monoisotopic (exact) mass is 282 g/mol. The number of halogens is 1. The van der Waals surface area contributed by atoms with Gasteiger partial charge in [-0.2, -0.15) is 0 Å². The van der Waals surface area contributed by atoms with Crippen LogP contribution in [0.15, 0.2) is 21.8 Å². The molecular weight excluding hydrogens is 272 g/mol. The molecule has 0 radical (unpaired) electrons. The summed E-state index contributed by atoms with van der Waals surface area (Å²) in [4.78, 5) is 22.8. The van der Waals surface area contributed by atoms with Gasteiger partial charge in [0.2, 0.25) is 0 Å². The van der Waals surface area contributed by atoms with Gasteiger partial charge < -0.3 is 9.55 Å². The molecule has 0 saturated heterocycles. The van der Waals surface area contributed by atoms with Crippen LogP contribution in [0.25, 0.3) is 11.5 Å². The Labute approximate surface area is 101 Å². The second-order valence-electron chi connectivity index (χ2n) is 3.42. The Morgan fingerprint density at radius 2 is 2.31 bits per heavy atom. The number of hydrogen-bond acceptors (Lipinski definition) is 3. The summed E-state index contributed by atoms with van der Waals surface area (Å²) in [5, 5.41) is 0. The van der Waals surface area contributed by atoms with Gasteiger partial charge in [0.15, 0.2) is 5.82 Å². The summed E-state index contributed by atoms with van der Waals surface area (Å²) in [5.74, 6) is 0.546. The third-order valence-electron chi connectivity index (χ3n) is 2.33. The van der Waals surface area contributed by atoms with Crippen molar-refractivity contribution in [2.24, 2.45) is 7.05 Å². The van der Waals surface area contributed by atoms with E-state index < -0.39 is 0 Å². The van der Waals surface area contributed by atoms with Gasteiger partial charge in [0.1, 0.15) is 10.2 Å². The van der Waals surface area contributed by atoms with Crippen LogP contribution in [0.5, 0.6) is 0 Å². The minimum Gasteiger partial charge on any atom is -0.331 e. The largest absolute Gasteiger partial charge is 0.331 e. The zero-order valence-electron chi connectivity index (χ0n) is 8.99. The highest BCUT2D eigenvalue weighted by Crippen LogP contribution is 2.16. The number of imidazole rings is 1. The number of rotatable bonds is 2. The van der Waals surface area contributed by atoms with Gasteiger partial charge in [-0.15, -0.1) is 0 Å². The molecule has 2 heterocycles. The summed E-state index contributed by atoms with van der Waals surface area (Å²) >= 11 is 3.23. The fourth-order valence-electron chi connectivity index (χ4n) is 1.45. The molecule has 0 fully saturated rings. The number of H-pyrrole nitrogens is 1. The normalized spacial score (nSPS) is 10.7. The maximum Gasteiger partial charge on any atom is 0.265 e. The number of aromatic amines is 1. The van der Waals surface area contributed by atoms with Gasteiger partial charge in [-0.25, -0.2) is 9.97 Å². The van der Waals surface area contributed by atoms with E-state index in [1.54, 1.807) is 12.5 Å². The van der Waals surface area contributed by atoms with Crippen molar-refractivity contribution in [2.75, 3.05) is 0 Å². The molecule has 16 heavy (non-hydrogen) atoms. The quantitative estimate of drug-likeness (QED) is 0.908. The zero-order chi connectivity index (χ0) is 11.7. The molecule has 0 saturated carbocycles. The Morgan fingerprint density at radius 3 is 2.88 bits per heavy atom. The summed E-state index contributed by atoms with van der Waals surface area (Å²) in [6, 6.07) is 0. The molecule has 1 N–H and O–H groups in total. The SMILES string of the molecule is CCc1nc(-c2cncn2C)[nH]c(=O)c1Br. The van der Waals surface area contributed by atoms with Crippen LogP contribution < -0.4 is 5.56 Å². The number of aromatic nitrogens is 4. The molecule has 0 amide bonds.